The fraction of sp³-hybridized carbons (Fsp3) is 0.684. The minimum absolute atomic E-state index is 0.385. The van der Waals surface area contributed by atoms with Gasteiger partial charge in [-0.05, 0) is 45.9 Å². The van der Waals surface area contributed by atoms with Gasteiger partial charge in [-0.3, -0.25) is 9.80 Å². The SMILES string of the molecule is CC(C)N1CCN(C2CN(c3cccc(S(=O)(=O)C(C)C)c3)C2)CC1. The van der Waals surface area contributed by atoms with Crippen LogP contribution in [-0.4, -0.2) is 74.8 Å². The van der Waals surface area contributed by atoms with Crippen molar-refractivity contribution < 1.29 is 8.42 Å². The first-order chi connectivity index (χ1) is 11.8. The Bertz CT molecular complexity index is 688. The highest BCUT2D eigenvalue weighted by molar-refractivity contribution is 7.92. The molecule has 0 N–H and O–H groups in total. The Morgan fingerprint density at radius 1 is 1.00 bits per heavy atom. The van der Waals surface area contributed by atoms with E-state index in [0.717, 1.165) is 45.0 Å². The molecule has 0 radical (unpaired) electrons. The second kappa shape index (κ2) is 7.25. The molecule has 2 fully saturated rings. The molecule has 0 spiro atoms. The highest BCUT2D eigenvalue weighted by atomic mass is 32.2. The Morgan fingerprint density at radius 3 is 2.20 bits per heavy atom. The van der Waals surface area contributed by atoms with Crippen LogP contribution in [0.2, 0.25) is 0 Å². The zero-order valence-corrected chi connectivity index (χ0v) is 16.7. The number of piperazine rings is 1. The van der Waals surface area contributed by atoms with Crippen LogP contribution in [0.5, 0.6) is 0 Å². The second-order valence-electron chi connectivity index (χ2n) is 7.82. The summed E-state index contributed by atoms with van der Waals surface area (Å²) in [4.78, 5) is 7.85. The van der Waals surface area contributed by atoms with Crippen LogP contribution in [0.4, 0.5) is 5.69 Å². The van der Waals surface area contributed by atoms with Crippen molar-refractivity contribution in [3.8, 4) is 0 Å². The van der Waals surface area contributed by atoms with Gasteiger partial charge in [0, 0.05) is 57.0 Å². The molecule has 0 amide bonds. The van der Waals surface area contributed by atoms with Crippen LogP contribution in [0.15, 0.2) is 29.2 Å². The van der Waals surface area contributed by atoms with E-state index < -0.39 is 9.84 Å². The van der Waals surface area contributed by atoms with Crippen molar-refractivity contribution in [1.29, 1.82) is 0 Å². The van der Waals surface area contributed by atoms with Crippen LogP contribution >= 0.6 is 0 Å². The van der Waals surface area contributed by atoms with Gasteiger partial charge in [0.1, 0.15) is 0 Å². The quantitative estimate of drug-likeness (QED) is 0.799. The molecular formula is C19H31N3O2S. The minimum Gasteiger partial charge on any atom is -0.368 e. The molecule has 5 nitrogen and oxygen atoms in total. The summed E-state index contributed by atoms with van der Waals surface area (Å²) >= 11 is 0. The highest BCUT2D eigenvalue weighted by Gasteiger charge is 2.34. The molecule has 2 heterocycles. The molecule has 1 aromatic carbocycles. The predicted molar refractivity (Wildman–Crippen MR) is 103 cm³/mol. The predicted octanol–water partition coefficient (Wildman–Crippen LogP) is 2.08. The topological polar surface area (TPSA) is 43.9 Å². The van der Waals surface area contributed by atoms with Crippen LogP contribution in [0, 0.1) is 0 Å². The minimum atomic E-state index is -3.21. The molecule has 0 atom stereocenters. The largest absolute Gasteiger partial charge is 0.368 e. The molecule has 2 saturated heterocycles. The van der Waals surface area contributed by atoms with Gasteiger partial charge in [-0.15, -0.1) is 0 Å². The molecular weight excluding hydrogens is 334 g/mol. The fourth-order valence-corrected chi connectivity index (χ4v) is 4.74. The summed E-state index contributed by atoms with van der Waals surface area (Å²) < 4.78 is 24.8. The molecule has 25 heavy (non-hydrogen) atoms. The Hall–Kier alpha value is -1.11. The summed E-state index contributed by atoms with van der Waals surface area (Å²) in [7, 11) is -3.21. The van der Waals surface area contributed by atoms with Gasteiger partial charge in [-0.25, -0.2) is 8.42 Å². The summed E-state index contributed by atoms with van der Waals surface area (Å²) in [5.74, 6) is 0. The van der Waals surface area contributed by atoms with Crippen LogP contribution in [0.1, 0.15) is 27.7 Å². The fourth-order valence-electron chi connectivity index (χ4n) is 3.65. The molecule has 140 valence electrons. The van der Waals surface area contributed by atoms with E-state index in [9.17, 15) is 8.42 Å². The van der Waals surface area contributed by atoms with E-state index in [1.807, 2.05) is 18.2 Å². The van der Waals surface area contributed by atoms with Gasteiger partial charge in [0.15, 0.2) is 9.84 Å². The molecule has 3 rings (SSSR count). The van der Waals surface area contributed by atoms with Gasteiger partial charge in [0.05, 0.1) is 10.1 Å². The normalized spacial score (nSPS) is 21.1. The Kier molecular flexibility index (Phi) is 5.42. The first-order valence-electron chi connectivity index (χ1n) is 9.36. The summed E-state index contributed by atoms with van der Waals surface area (Å²) in [6, 6.07) is 8.65. The molecule has 0 bridgehead atoms. The van der Waals surface area contributed by atoms with E-state index in [4.69, 9.17) is 0 Å². The zero-order chi connectivity index (χ0) is 18.2. The molecule has 0 unspecified atom stereocenters. The molecule has 2 aliphatic heterocycles. The summed E-state index contributed by atoms with van der Waals surface area (Å²) in [6.07, 6.45) is 0. The van der Waals surface area contributed by atoms with Crippen LogP contribution in [-0.2, 0) is 9.84 Å². The van der Waals surface area contributed by atoms with Crippen LogP contribution < -0.4 is 4.90 Å². The maximum Gasteiger partial charge on any atom is 0.180 e. The van der Waals surface area contributed by atoms with Gasteiger partial charge >= 0.3 is 0 Å². The molecule has 6 heteroatoms. The van der Waals surface area contributed by atoms with Crippen molar-refractivity contribution in [2.24, 2.45) is 0 Å². The van der Waals surface area contributed by atoms with Gasteiger partial charge in [0.25, 0.3) is 0 Å². The maximum absolute atomic E-state index is 12.4. The zero-order valence-electron chi connectivity index (χ0n) is 15.9. The van der Waals surface area contributed by atoms with Crippen molar-refractivity contribution in [2.75, 3.05) is 44.2 Å². The number of nitrogens with zero attached hydrogens (tertiary/aromatic N) is 3. The van der Waals surface area contributed by atoms with Gasteiger partial charge in [0.2, 0.25) is 0 Å². The third-order valence-electron chi connectivity index (χ3n) is 5.59. The number of anilines is 1. The van der Waals surface area contributed by atoms with E-state index >= 15 is 0 Å². The highest BCUT2D eigenvalue weighted by Crippen LogP contribution is 2.28. The summed E-state index contributed by atoms with van der Waals surface area (Å²) in [6.45, 7) is 14.6. The third kappa shape index (κ3) is 3.86. The average molecular weight is 366 g/mol. The molecule has 2 aliphatic rings. The average Bonchev–Trinajstić information content (AvgIpc) is 2.54. The van der Waals surface area contributed by atoms with Gasteiger partial charge < -0.3 is 4.90 Å². The van der Waals surface area contributed by atoms with Crippen molar-refractivity contribution in [1.82, 2.24) is 9.80 Å². The van der Waals surface area contributed by atoms with E-state index in [-0.39, 0.29) is 5.25 Å². The molecule has 1 aromatic rings. The van der Waals surface area contributed by atoms with E-state index in [2.05, 4.69) is 28.5 Å². The smallest absolute Gasteiger partial charge is 0.180 e. The number of benzene rings is 1. The first-order valence-corrected chi connectivity index (χ1v) is 10.9. The van der Waals surface area contributed by atoms with E-state index in [1.165, 1.54) is 0 Å². The number of hydrogen-bond donors (Lipinski definition) is 0. The second-order valence-corrected chi connectivity index (χ2v) is 10.3. The van der Waals surface area contributed by atoms with Crippen molar-refractivity contribution in [2.45, 2.75) is 49.9 Å². The van der Waals surface area contributed by atoms with Gasteiger partial charge in [-0.2, -0.15) is 0 Å². The van der Waals surface area contributed by atoms with Crippen LogP contribution in [0.25, 0.3) is 0 Å². The lowest BCUT2D eigenvalue weighted by Crippen LogP contribution is -2.63. The van der Waals surface area contributed by atoms with Crippen molar-refractivity contribution in [3.63, 3.8) is 0 Å². The molecule has 0 saturated carbocycles. The maximum atomic E-state index is 12.4. The van der Waals surface area contributed by atoms with E-state index in [0.29, 0.717) is 17.0 Å². The lowest BCUT2D eigenvalue weighted by atomic mass is 10.0. The third-order valence-corrected chi connectivity index (χ3v) is 7.74. The van der Waals surface area contributed by atoms with Crippen molar-refractivity contribution >= 4 is 15.5 Å². The van der Waals surface area contributed by atoms with Gasteiger partial charge in [-0.1, -0.05) is 6.07 Å². The molecule has 0 aromatic heterocycles. The van der Waals surface area contributed by atoms with E-state index in [1.54, 1.807) is 19.9 Å². The van der Waals surface area contributed by atoms with Crippen molar-refractivity contribution in [3.05, 3.63) is 24.3 Å². The number of sulfone groups is 1. The number of hydrogen-bond acceptors (Lipinski definition) is 5. The molecule has 0 aliphatic carbocycles. The Labute approximate surface area is 152 Å². The first kappa shape index (κ1) is 18.7. The standard InChI is InChI=1S/C19H31N3O2S/c1-15(2)20-8-10-21(11-9-20)18-13-22(14-18)17-6-5-7-19(12-17)25(23,24)16(3)4/h5-7,12,15-16,18H,8-11,13-14H2,1-4H3. The monoisotopic (exact) mass is 365 g/mol. The summed E-state index contributed by atoms with van der Waals surface area (Å²) in [5, 5.41) is -0.385. The lowest BCUT2D eigenvalue weighted by molar-refractivity contribution is 0.0678. The lowest BCUT2D eigenvalue weighted by Gasteiger charge is -2.49. The summed E-state index contributed by atoms with van der Waals surface area (Å²) in [5.41, 5.74) is 1.03. The Morgan fingerprint density at radius 2 is 1.64 bits per heavy atom. The van der Waals surface area contributed by atoms with Crippen LogP contribution in [0.3, 0.4) is 0 Å². The number of rotatable bonds is 5. The Balaban J connectivity index is 1.59.